The van der Waals surface area contributed by atoms with Crippen LogP contribution >= 0.6 is 7.75 Å². The summed E-state index contributed by atoms with van der Waals surface area (Å²) >= 11 is 0. The van der Waals surface area contributed by atoms with Crippen LogP contribution in [0.2, 0.25) is 0 Å². The number of ether oxygens (including phenoxy) is 2. The fraction of sp³-hybridized carbons (Fsp3) is 0.500. The van der Waals surface area contributed by atoms with Crippen molar-refractivity contribution in [1.82, 2.24) is 14.6 Å². The highest BCUT2D eigenvalue weighted by molar-refractivity contribution is 7.52. The fourth-order valence-electron chi connectivity index (χ4n) is 3.52. The Bertz CT molecular complexity index is 1290. The van der Waals surface area contributed by atoms with Gasteiger partial charge in [-0.3, -0.25) is 23.7 Å². The smallest absolute Gasteiger partial charge is 0.459 e. The first-order chi connectivity index (χ1) is 17.8. The quantitative estimate of drug-likeness (QED) is 0.271. The molecule has 0 aliphatic carbocycles. The number of halogens is 3. The topological polar surface area (TPSA) is 158 Å². The van der Waals surface area contributed by atoms with E-state index < -0.39 is 80.3 Å². The lowest BCUT2D eigenvalue weighted by Gasteiger charge is -2.26. The molecule has 3 N–H and O–H groups in total. The number of alkyl halides is 2. The summed E-state index contributed by atoms with van der Waals surface area (Å²) in [4.78, 5) is 37.3. The van der Waals surface area contributed by atoms with Gasteiger partial charge in [-0.1, -0.05) is 18.2 Å². The maximum absolute atomic E-state index is 15.5. The highest BCUT2D eigenvalue weighted by Gasteiger charge is 2.59. The maximum atomic E-state index is 15.5. The Morgan fingerprint density at radius 2 is 1.95 bits per heavy atom. The third-order valence-electron chi connectivity index (χ3n) is 5.37. The van der Waals surface area contributed by atoms with E-state index in [9.17, 15) is 32.8 Å². The molecule has 2 heterocycles. The number of benzene rings is 1. The van der Waals surface area contributed by atoms with Crippen LogP contribution in [0.5, 0.6) is 5.75 Å². The Morgan fingerprint density at radius 1 is 1.29 bits per heavy atom. The number of aliphatic hydroxyl groups excluding tert-OH is 1. The number of rotatable bonds is 11. The number of hydrogen-bond donors (Lipinski definition) is 3. The van der Waals surface area contributed by atoms with Crippen LogP contribution in [0, 0.1) is 5.82 Å². The van der Waals surface area contributed by atoms with Crippen LogP contribution < -0.4 is 20.9 Å². The molecule has 1 aromatic heterocycles. The fourth-order valence-corrected chi connectivity index (χ4v) is 5.02. The first kappa shape index (κ1) is 29.6. The average molecular weight is 565 g/mol. The van der Waals surface area contributed by atoms with Gasteiger partial charge in [-0.15, -0.1) is 0 Å². The van der Waals surface area contributed by atoms with Gasteiger partial charge < -0.3 is 19.1 Å². The molecular formula is C22H27F3N3O9P. The summed E-state index contributed by atoms with van der Waals surface area (Å²) in [6, 6.07) is 6.41. The van der Waals surface area contributed by atoms with E-state index in [1.807, 2.05) is 0 Å². The minimum absolute atomic E-state index is 0.0531. The van der Waals surface area contributed by atoms with Crippen molar-refractivity contribution in [1.29, 1.82) is 0 Å². The Hall–Kier alpha value is -2.97. The van der Waals surface area contributed by atoms with E-state index in [1.54, 1.807) is 37.0 Å². The number of carbonyl (C=O) groups excluding carboxylic acids is 1. The van der Waals surface area contributed by atoms with Gasteiger partial charge in [0.15, 0.2) is 6.23 Å². The number of H-pyrrole nitrogens is 1. The molecule has 1 aliphatic heterocycles. The zero-order valence-electron chi connectivity index (χ0n) is 20.5. The number of aromatic nitrogens is 2. The van der Waals surface area contributed by atoms with Gasteiger partial charge in [0.05, 0.1) is 18.9 Å². The molecule has 0 spiro atoms. The van der Waals surface area contributed by atoms with E-state index >= 15 is 4.39 Å². The molecule has 1 aromatic carbocycles. The van der Waals surface area contributed by atoms with Crippen LogP contribution in [-0.2, 0) is 23.4 Å². The van der Waals surface area contributed by atoms with Crippen molar-refractivity contribution < 1.29 is 46.2 Å². The summed E-state index contributed by atoms with van der Waals surface area (Å²) in [6.07, 6.45) is -6.46. The Morgan fingerprint density at radius 3 is 2.55 bits per heavy atom. The summed E-state index contributed by atoms with van der Waals surface area (Å²) in [5, 5.41) is 12.9. The molecule has 1 saturated heterocycles. The molecule has 3 rings (SSSR count). The molecule has 0 amide bonds. The maximum Gasteiger partial charge on any atom is 0.459 e. The molecule has 16 heteroatoms. The van der Waals surface area contributed by atoms with E-state index in [4.69, 9.17) is 18.5 Å². The van der Waals surface area contributed by atoms with Crippen molar-refractivity contribution in [3.8, 4) is 5.75 Å². The molecule has 12 nitrogen and oxygen atoms in total. The van der Waals surface area contributed by atoms with E-state index in [0.29, 0.717) is 6.20 Å². The van der Waals surface area contributed by atoms with Crippen molar-refractivity contribution in [3.63, 3.8) is 0 Å². The number of para-hydroxylation sites is 1. The molecule has 0 radical (unpaired) electrons. The van der Waals surface area contributed by atoms with E-state index in [2.05, 4.69) is 5.09 Å². The van der Waals surface area contributed by atoms with Gasteiger partial charge in [0, 0.05) is 0 Å². The van der Waals surface area contributed by atoms with Crippen molar-refractivity contribution in [2.75, 3.05) is 13.3 Å². The second kappa shape index (κ2) is 11.8. The molecule has 0 bridgehead atoms. The van der Waals surface area contributed by atoms with Gasteiger partial charge in [-0.05, 0) is 32.9 Å². The number of aliphatic hydroxyl groups is 1. The highest BCUT2D eigenvalue weighted by atomic mass is 31.2. The van der Waals surface area contributed by atoms with Gasteiger partial charge in [0.1, 0.15) is 30.7 Å². The highest BCUT2D eigenvalue weighted by Crippen LogP contribution is 2.47. The van der Waals surface area contributed by atoms with Crippen molar-refractivity contribution in [2.45, 2.75) is 57.0 Å². The predicted octanol–water partition coefficient (Wildman–Crippen LogP) is 1.75. The molecule has 38 heavy (non-hydrogen) atoms. The van der Waals surface area contributed by atoms with Gasteiger partial charge in [0.25, 0.3) is 5.56 Å². The third kappa shape index (κ3) is 6.53. The van der Waals surface area contributed by atoms with Gasteiger partial charge in [-0.25, -0.2) is 18.1 Å². The second-order valence-electron chi connectivity index (χ2n) is 8.71. The molecule has 2 aromatic rings. The number of hydrogen-bond acceptors (Lipinski definition) is 9. The van der Waals surface area contributed by atoms with Crippen molar-refractivity contribution >= 4 is 13.7 Å². The van der Waals surface area contributed by atoms with Crippen LogP contribution in [0.3, 0.4) is 0 Å². The number of nitrogens with one attached hydrogen (secondary N) is 2. The summed E-state index contributed by atoms with van der Waals surface area (Å²) in [5.74, 6) is -2.23. The molecule has 1 unspecified atom stereocenters. The van der Waals surface area contributed by atoms with Crippen molar-refractivity contribution in [2.24, 2.45) is 0 Å². The number of aromatic amines is 1. The average Bonchev–Trinajstić information content (AvgIpc) is 3.10. The summed E-state index contributed by atoms with van der Waals surface area (Å²) in [7, 11) is -4.47. The summed E-state index contributed by atoms with van der Waals surface area (Å²) in [5.41, 5.74) is -6.01. The summed E-state index contributed by atoms with van der Waals surface area (Å²) < 4.78 is 78.0. The van der Waals surface area contributed by atoms with Gasteiger partial charge in [-0.2, -0.15) is 9.48 Å². The monoisotopic (exact) mass is 565 g/mol. The zero-order chi connectivity index (χ0) is 28.3. The van der Waals surface area contributed by atoms with Crippen LogP contribution in [0.4, 0.5) is 13.2 Å². The Balaban J connectivity index is 1.85. The Labute approximate surface area is 214 Å². The second-order valence-corrected chi connectivity index (χ2v) is 10.4. The molecule has 1 aliphatic rings. The van der Waals surface area contributed by atoms with Crippen LogP contribution in [0.15, 0.2) is 46.1 Å². The number of carbonyl (C=O) groups is 1. The van der Waals surface area contributed by atoms with Crippen LogP contribution in [0.25, 0.3) is 0 Å². The van der Waals surface area contributed by atoms with Gasteiger partial charge >= 0.3 is 19.4 Å². The molecule has 0 saturated carbocycles. The third-order valence-corrected chi connectivity index (χ3v) is 7.02. The lowest BCUT2D eigenvalue weighted by atomic mass is 9.97. The largest absolute Gasteiger partial charge is 0.462 e. The summed E-state index contributed by atoms with van der Waals surface area (Å²) in [6.45, 7) is 1.75. The van der Waals surface area contributed by atoms with E-state index in [0.717, 1.165) is 0 Å². The lowest BCUT2D eigenvalue weighted by molar-refractivity contribution is -0.149. The molecular weight excluding hydrogens is 538 g/mol. The molecule has 1 fully saturated rings. The van der Waals surface area contributed by atoms with Crippen molar-refractivity contribution in [3.05, 3.63) is 63.2 Å². The molecule has 6 atom stereocenters. The van der Waals surface area contributed by atoms with E-state index in [1.165, 1.54) is 19.1 Å². The normalized spacial score (nSPS) is 25.6. The predicted molar refractivity (Wildman–Crippen MR) is 125 cm³/mol. The number of esters is 1. The van der Waals surface area contributed by atoms with Gasteiger partial charge in [0.2, 0.25) is 11.5 Å². The Kier molecular flexibility index (Phi) is 9.21. The van der Waals surface area contributed by atoms with Crippen LogP contribution in [0.1, 0.15) is 27.0 Å². The molecule has 210 valence electrons. The zero-order valence-corrected chi connectivity index (χ0v) is 21.4. The first-order valence-electron chi connectivity index (χ1n) is 11.4. The first-order valence-corrected chi connectivity index (χ1v) is 12.9. The minimum Gasteiger partial charge on any atom is -0.462 e. The SMILES string of the molecule is CC(C)OC(=O)[C@H](C)N[P@](=O)(OC[C@H]1O[C@@H](n2cc(F)c(=O)[nH]c2=O)[C@@](F)(CF)C1O)Oc1ccccc1. The standard InChI is InChI=1S/C22H27F3N3O9P/c1-12(2)35-19(31)13(3)27-38(33,37-14-7-5-4-6-8-14)34-10-16-17(29)22(25,11-23)20(36-16)28-9-15(24)18(30)26-21(28)32/h4-9,12-13,16-17,20,29H,10-11H2,1-3H3,(H,27,33)(H,26,30,32)/t13-,16+,17?,20+,22+,38-/m0/s1. The lowest BCUT2D eigenvalue weighted by Crippen LogP contribution is -2.48. The number of nitrogens with zero attached hydrogens (tertiary/aromatic N) is 1. The minimum atomic E-state index is -4.47. The van der Waals surface area contributed by atoms with E-state index in [-0.39, 0.29) is 10.3 Å². The van der Waals surface area contributed by atoms with Crippen LogP contribution in [-0.4, -0.2) is 63.9 Å².